The number of allylic oxidation sites excluding steroid dienone is 11. The fourth-order valence-electron chi connectivity index (χ4n) is 1.61. The first-order valence-corrected chi connectivity index (χ1v) is 6.12. The summed E-state index contributed by atoms with van der Waals surface area (Å²) in [5, 5.41) is 0. The van der Waals surface area contributed by atoms with Gasteiger partial charge in [-0.25, -0.2) is 0 Å². The lowest BCUT2D eigenvalue weighted by atomic mass is 9.91. The molecule has 0 aliphatic carbocycles. The molecule has 0 aliphatic rings. The molecule has 0 aliphatic heterocycles. The Balaban J connectivity index is 5.24. The molecule has 1 atom stereocenters. The van der Waals surface area contributed by atoms with Crippen molar-refractivity contribution in [1.82, 2.24) is 0 Å². The summed E-state index contributed by atoms with van der Waals surface area (Å²) in [4.78, 5) is 0. The third kappa shape index (κ3) is 5.91. The largest absolute Gasteiger partial charge is 0.0991 e. The molecular weight excluding hydrogens is 204 g/mol. The van der Waals surface area contributed by atoms with Gasteiger partial charge in [-0.1, -0.05) is 68.2 Å². The van der Waals surface area contributed by atoms with E-state index in [2.05, 4.69) is 56.0 Å². The predicted octanol–water partition coefficient (Wildman–Crippen LogP) is 5.39. The summed E-state index contributed by atoms with van der Waals surface area (Å²) in [6, 6.07) is 0. The quantitative estimate of drug-likeness (QED) is 0.535. The van der Waals surface area contributed by atoms with Crippen molar-refractivity contribution in [2.75, 3.05) is 0 Å². The number of hydrogen-bond acceptors (Lipinski definition) is 0. The van der Waals surface area contributed by atoms with Crippen LogP contribution in [0, 0.1) is 5.92 Å². The molecule has 92 valence electrons. The minimum absolute atomic E-state index is 0.372. The molecule has 0 heterocycles. The van der Waals surface area contributed by atoms with Gasteiger partial charge in [0.15, 0.2) is 0 Å². The van der Waals surface area contributed by atoms with Crippen LogP contribution in [0.3, 0.4) is 0 Å². The van der Waals surface area contributed by atoms with E-state index in [-0.39, 0.29) is 0 Å². The molecule has 0 aromatic heterocycles. The van der Waals surface area contributed by atoms with E-state index in [1.54, 1.807) is 0 Å². The Bertz CT molecular complexity index is 359. The van der Waals surface area contributed by atoms with Crippen molar-refractivity contribution in [3.05, 3.63) is 72.4 Å². The van der Waals surface area contributed by atoms with Gasteiger partial charge in [0.1, 0.15) is 0 Å². The molecule has 17 heavy (non-hydrogen) atoms. The van der Waals surface area contributed by atoms with E-state index in [1.165, 1.54) is 11.1 Å². The Morgan fingerprint density at radius 3 is 1.82 bits per heavy atom. The molecule has 0 N–H and O–H groups in total. The van der Waals surface area contributed by atoms with E-state index in [1.807, 2.05) is 32.9 Å². The second-order valence-corrected chi connectivity index (χ2v) is 3.82. The lowest BCUT2D eigenvalue weighted by Crippen LogP contribution is -2.00. The molecule has 0 aromatic carbocycles. The SMILES string of the molecule is C=C/C=C(\C=C/C)C(C)C(/C=C\C)=C/C=C\C. The zero-order valence-corrected chi connectivity index (χ0v) is 11.5. The minimum atomic E-state index is 0.372. The maximum atomic E-state index is 3.77. The van der Waals surface area contributed by atoms with Gasteiger partial charge in [-0.2, -0.15) is 0 Å². The molecule has 0 amide bonds. The van der Waals surface area contributed by atoms with Crippen molar-refractivity contribution in [1.29, 1.82) is 0 Å². The zero-order valence-electron chi connectivity index (χ0n) is 11.5. The van der Waals surface area contributed by atoms with Gasteiger partial charge in [0.25, 0.3) is 0 Å². The maximum Gasteiger partial charge on any atom is 0.00607 e. The van der Waals surface area contributed by atoms with E-state index in [4.69, 9.17) is 0 Å². The van der Waals surface area contributed by atoms with Crippen LogP contribution in [0.4, 0.5) is 0 Å². The van der Waals surface area contributed by atoms with Gasteiger partial charge in [-0.3, -0.25) is 0 Å². The molecule has 0 heteroatoms. The standard InChI is InChI=1S/C17H24/c1-6-10-14-17(13-9-4)15(5)16(11-7-2)12-8-3/h6-15H,2H2,1,3-5H3/b10-6-,12-8-,13-9-,16-11+,17-14+. The van der Waals surface area contributed by atoms with Crippen molar-refractivity contribution < 1.29 is 0 Å². The average Bonchev–Trinajstić information content (AvgIpc) is 2.33. The summed E-state index contributed by atoms with van der Waals surface area (Å²) in [5.41, 5.74) is 2.58. The number of hydrogen-bond donors (Lipinski definition) is 0. The first-order valence-electron chi connectivity index (χ1n) is 6.12. The molecule has 0 spiro atoms. The first kappa shape index (κ1) is 15.4. The maximum absolute atomic E-state index is 3.77. The molecule has 1 unspecified atom stereocenters. The van der Waals surface area contributed by atoms with Crippen molar-refractivity contribution in [3.63, 3.8) is 0 Å². The summed E-state index contributed by atoms with van der Waals surface area (Å²) in [6.45, 7) is 12.1. The highest BCUT2D eigenvalue weighted by molar-refractivity contribution is 5.37. The third-order valence-corrected chi connectivity index (χ3v) is 2.51. The second kappa shape index (κ2) is 9.65. The molecule has 0 radical (unpaired) electrons. The van der Waals surface area contributed by atoms with Crippen LogP contribution >= 0.6 is 0 Å². The van der Waals surface area contributed by atoms with Crippen molar-refractivity contribution in [2.45, 2.75) is 27.7 Å². The van der Waals surface area contributed by atoms with Crippen molar-refractivity contribution in [3.8, 4) is 0 Å². The summed E-state index contributed by atoms with van der Waals surface area (Å²) >= 11 is 0. The Hall–Kier alpha value is -1.56. The second-order valence-electron chi connectivity index (χ2n) is 3.82. The highest BCUT2D eigenvalue weighted by atomic mass is 14.1. The molecule has 0 bridgehead atoms. The van der Waals surface area contributed by atoms with Crippen LogP contribution in [0.15, 0.2) is 72.4 Å². The Morgan fingerprint density at radius 1 is 0.882 bits per heavy atom. The van der Waals surface area contributed by atoms with Crippen LogP contribution in [0.25, 0.3) is 0 Å². The molecular formula is C17H24. The van der Waals surface area contributed by atoms with Gasteiger partial charge < -0.3 is 0 Å². The van der Waals surface area contributed by atoms with Gasteiger partial charge in [0.2, 0.25) is 0 Å². The van der Waals surface area contributed by atoms with Crippen LogP contribution in [0.5, 0.6) is 0 Å². The summed E-state index contributed by atoms with van der Waals surface area (Å²) in [7, 11) is 0. The smallest absolute Gasteiger partial charge is 0.00607 e. The third-order valence-electron chi connectivity index (χ3n) is 2.51. The number of rotatable bonds is 6. The first-order chi connectivity index (χ1) is 8.21. The zero-order chi connectivity index (χ0) is 13.1. The van der Waals surface area contributed by atoms with Crippen LogP contribution in [-0.4, -0.2) is 0 Å². The predicted molar refractivity (Wildman–Crippen MR) is 80.0 cm³/mol. The molecule has 0 aromatic rings. The molecule has 0 saturated carbocycles. The minimum Gasteiger partial charge on any atom is -0.0991 e. The average molecular weight is 228 g/mol. The van der Waals surface area contributed by atoms with Gasteiger partial charge in [-0.05, 0) is 31.9 Å². The Morgan fingerprint density at radius 2 is 1.41 bits per heavy atom. The molecule has 0 fully saturated rings. The molecule has 0 nitrogen and oxygen atoms in total. The molecule has 0 rings (SSSR count). The monoisotopic (exact) mass is 228 g/mol. The van der Waals surface area contributed by atoms with Gasteiger partial charge in [-0.15, -0.1) is 0 Å². The fourth-order valence-corrected chi connectivity index (χ4v) is 1.61. The Kier molecular flexibility index (Phi) is 8.77. The van der Waals surface area contributed by atoms with Crippen molar-refractivity contribution in [2.24, 2.45) is 5.92 Å². The highest BCUT2D eigenvalue weighted by Gasteiger charge is 2.08. The summed E-state index contributed by atoms with van der Waals surface area (Å²) in [5.74, 6) is 0.372. The van der Waals surface area contributed by atoms with Crippen LogP contribution in [-0.2, 0) is 0 Å². The van der Waals surface area contributed by atoms with E-state index >= 15 is 0 Å². The normalized spacial score (nSPS) is 16.2. The van der Waals surface area contributed by atoms with Crippen molar-refractivity contribution >= 4 is 0 Å². The lowest BCUT2D eigenvalue weighted by molar-refractivity contribution is 0.847. The van der Waals surface area contributed by atoms with E-state index < -0.39 is 0 Å². The van der Waals surface area contributed by atoms with E-state index in [0.717, 1.165) is 0 Å². The van der Waals surface area contributed by atoms with E-state index in [9.17, 15) is 0 Å². The fraction of sp³-hybridized carbons (Fsp3) is 0.294. The van der Waals surface area contributed by atoms with Crippen LogP contribution in [0.1, 0.15) is 27.7 Å². The van der Waals surface area contributed by atoms with Gasteiger partial charge >= 0.3 is 0 Å². The van der Waals surface area contributed by atoms with Gasteiger partial charge in [0, 0.05) is 5.92 Å². The topological polar surface area (TPSA) is 0 Å². The van der Waals surface area contributed by atoms with E-state index in [0.29, 0.717) is 5.92 Å². The van der Waals surface area contributed by atoms with Crippen LogP contribution < -0.4 is 0 Å². The summed E-state index contributed by atoms with van der Waals surface area (Å²) < 4.78 is 0. The summed E-state index contributed by atoms with van der Waals surface area (Å²) in [6.07, 6.45) is 18.6. The Labute approximate surface area is 106 Å². The highest BCUT2D eigenvalue weighted by Crippen LogP contribution is 2.22. The van der Waals surface area contributed by atoms with Gasteiger partial charge in [0.05, 0.1) is 0 Å². The lowest BCUT2D eigenvalue weighted by Gasteiger charge is -2.14. The van der Waals surface area contributed by atoms with Crippen LogP contribution in [0.2, 0.25) is 0 Å². The molecule has 0 saturated heterocycles.